The first kappa shape index (κ1) is 16.8. The van der Waals surface area contributed by atoms with E-state index in [1.165, 1.54) is 0 Å². The van der Waals surface area contributed by atoms with E-state index in [2.05, 4.69) is 5.32 Å². The van der Waals surface area contributed by atoms with Crippen molar-refractivity contribution in [1.29, 1.82) is 0 Å². The third-order valence-corrected chi connectivity index (χ3v) is 5.09. The van der Waals surface area contributed by atoms with Gasteiger partial charge in [0.15, 0.2) is 0 Å². The molecule has 1 saturated carbocycles. The molecule has 7 nitrogen and oxygen atoms in total. The number of aliphatic carboxylic acids is 1. The van der Waals surface area contributed by atoms with Gasteiger partial charge in [-0.05, 0) is 44.4 Å². The molecule has 2 aliphatic rings. The van der Waals surface area contributed by atoms with Gasteiger partial charge in [-0.3, -0.25) is 9.69 Å². The van der Waals surface area contributed by atoms with Gasteiger partial charge in [-0.25, -0.2) is 4.79 Å². The van der Waals surface area contributed by atoms with Gasteiger partial charge in [0, 0.05) is 18.6 Å². The molecule has 0 bridgehead atoms. The summed E-state index contributed by atoms with van der Waals surface area (Å²) in [4.78, 5) is 27.2. The molecular weight excluding hydrogens is 310 g/mol. The van der Waals surface area contributed by atoms with Crippen LogP contribution in [-0.4, -0.2) is 58.6 Å². The summed E-state index contributed by atoms with van der Waals surface area (Å²) in [6.45, 7) is 3.49. The normalized spacial score (nSPS) is 26.4. The van der Waals surface area contributed by atoms with E-state index >= 15 is 0 Å². The largest absolute Gasteiger partial charge is 0.480 e. The standard InChI is InChI=1S/C17H25N3O4/c1-2-19(11-16(21)22)13-9-12(10-13)18-17(23)20-7-3-5-14(20)15-6-4-8-24-15/h4,6,8,12-14H,2-3,5,7,9-11H2,1H3,(H,18,23)(H,21,22). The zero-order chi connectivity index (χ0) is 17.1. The van der Waals surface area contributed by atoms with Gasteiger partial charge in [-0.1, -0.05) is 6.92 Å². The second-order valence-electron chi connectivity index (χ2n) is 6.60. The number of urea groups is 1. The highest BCUT2D eigenvalue weighted by Crippen LogP contribution is 2.33. The smallest absolute Gasteiger partial charge is 0.318 e. The van der Waals surface area contributed by atoms with Crippen LogP contribution in [0.3, 0.4) is 0 Å². The lowest BCUT2D eigenvalue weighted by molar-refractivity contribution is -0.139. The number of carbonyl (C=O) groups is 2. The van der Waals surface area contributed by atoms with E-state index in [4.69, 9.17) is 9.52 Å². The average molecular weight is 335 g/mol. The molecule has 7 heteroatoms. The number of nitrogens with one attached hydrogen (secondary N) is 1. The van der Waals surface area contributed by atoms with Gasteiger partial charge in [-0.15, -0.1) is 0 Å². The van der Waals surface area contributed by atoms with Crippen LogP contribution in [0.25, 0.3) is 0 Å². The predicted octanol–water partition coefficient (Wildman–Crippen LogP) is 2.06. The van der Waals surface area contributed by atoms with Crippen LogP contribution in [0.15, 0.2) is 22.8 Å². The number of hydrogen-bond acceptors (Lipinski definition) is 4. The van der Waals surface area contributed by atoms with Gasteiger partial charge in [0.25, 0.3) is 0 Å². The zero-order valence-corrected chi connectivity index (χ0v) is 14.0. The van der Waals surface area contributed by atoms with Gasteiger partial charge in [0.05, 0.1) is 18.8 Å². The van der Waals surface area contributed by atoms with Gasteiger partial charge in [0.2, 0.25) is 0 Å². The molecule has 2 N–H and O–H groups in total. The van der Waals surface area contributed by atoms with E-state index in [1.54, 1.807) is 6.26 Å². The van der Waals surface area contributed by atoms with Crippen LogP contribution in [0.2, 0.25) is 0 Å². The van der Waals surface area contributed by atoms with Gasteiger partial charge in [0.1, 0.15) is 5.76 Å². The van der Waals surface area contributed by atoms with Gasteiger partial charge in [-0.2, -0.15) is 0 Å². The summed E-state index contributed by atoms with van der Waals surface area (Å²) < 4.78 is 5.46. The molecule has 2 heterocycles. The van der Waals surface area contributed by atoms with E-state index in [9.17, 15) is 9.59 Å². The van der Waals surface area contributed by atoms with E-state index in [0.717, 1.165) is 38.0 Å². The Bertz CT molecular complexity index is 568. The highest BCUT2D eigenvalue weighted by atomic mass is 16.4. The fraction of sp³-hybridized carbons (Fsp3) is 0.647. The lowest BCUT2D eigenvalue weighted by Gasteiger charge is -2.42. The summed E-state index contributed by atoms with van der Waals surface area (Å²) in [6, 6.07) is 4.12. The number of carboxylic acids is 1. The van der Waals surface area contributed by atoms with Gasteiger partial charge < -0.3 is 19.7 Å². The fourth-order valence-electron chi connectivity index (χ4n) is 3.72. The van der Waals surface area contributed by atoms with E-state index in [0.29, 0.717) is 6.54 Å². The van der Waals surface area contributed by atoms with Crippen molar-refractivity contribution in [3.05, 3.63) is 24.2 Å². The molecule has 2 amide bonds. The van der Waals surface area contributed by atoms with Crippen molar-refractivity contribution in [2.45, 2.75) is 50.7 Å². The quantitative estimate of drug-likeness (QED) is 0.831. The molecule has 0 spiro atoms. The van der Waals surface area contributed by atoms with Crippen LogP contribution in [0.4, 0.5) is 4.79 Å². The van der Waals surface area contributed by atoms with Gasteiger partial charge >= 0.3 is 12.0 Å². The second kappa shape index (κ2) is 7.25. The van der Waals surface area contributed by atoms with Crippen molar-refractivity contribution in [2.24, 2.45) is 0 Å². The van der Waals surface area contributed by atoms with Crippen LogP contribution in [-0.2, 0) is 4.79 Å². The monoisotopic (exact) mass is 335 g/mol. The molecule has 1 aromatic heterocycles. The number of likely N-dealkylation sites (tertiary alicyclic amines) is 1. The first-order valence-corrected chi connectivity index (χ1v) is 8.64. The maximum absolute atomic E-state index is 12.5. The summed E-state index contributed by atoms with van der Waals surface area (Å²) in [7, 11) is 0. The summed E-state index contributed by atoms with van der Waals surface area (Å²) in [5.41, 5.74) is 0. The predicted molar refractivity (Wildman–Crippen MR) is 87.6 cm³/mol. The Labute approximate surface area is 141 Å². The summed E-state index contributed by atoms with van der Waals surface area (Å²) in [5, 5.41) is 12.0. The Morgan fingerprint density at radius 1 is 1.46 bits per heavy atom. The fourth-order valence-corrected chi connectivity index (χ4v) is 3.72. The summed E-state index contributed by atoms with van der Waals surface area (Å²) in [6.07, 6.45) is 5.17. The lowest BCUT2D eigenvalue weighted by atomic mass is 9.85. The topological polar surface area (TPSA) is 86.0 Å². The van der Waals surface area contributed by atoms with Crippen molar-refractivity contribution in [1.82, 2.24) is 15.1 Å². The first-order chi connectivity index (χ1) is 11.6. The molecule has 1 saturated heterocycles. The number of hydrogen-bond donors (Lipinski definition) is 2. The number of likely N-dealkylation sites (N-methyl/N-ethyl adjacent to an activating group) is 1. The van der Waals surface area contributed by atoms with Crippen molar-refractivity contribution < 1.29 is 19.1 Å². The number of amides is 2. The summed E-state index contributed by atoms with van der Waals surface area (Å²) >= 11 is 0. The minimum absolute atomic E-state index is 0.0232. The maximum Gasteiger partial charge on any atom is 0.318 e. The second-order valence-corrected chi connectivity index (χ2v) is 6.60. The first-order valence-electron chi connectivity index (χ1n) is 8.64. The van der Waals surface area contributed by atoms with Crippen molar-refractivity contribution in [3.8, 4) is 0 Å². The molecule has 2 fully saturated rings. The molecule has 1 unspecified atom stereocenters. The minimum Gasteiger partial charge on any atom is -0.480 e. The van der Waals surface area contributed by atoms with Crippen LogP contribution in [0, 0.1) is 0 Å². The molecule has 24 heavy (non-hydrogen) atoms. The Kier molecular flexibility index (Phi) is 5.08. The molecular formula is C17H25N3O4. The van der Waals surface area contributed by atoms with E-state index in [1.807, 2.05) is 28.9 Å². The molecule has 132 valence electrons. The highest BCUT2D eigenvalue weighted by molar-refractivity contribution is 5.75. The molecule has 3 rings (SSSR count). The molecule has 0 radical (unpaired) electrons. The summed E-state index contributed by atoms with van der Waals surface area (Å²) in [5.74, 6) is 0.0374. The Morgan fingerprint density at radius 3 is 2.88 bits per heavy atom. The van der Waals surface area contributed by atoms with E-state index < -0.39 is 5.97 Å². The highest BCUT2D eigenvalue weighted by Gasteiger charge is 2.37. The van der Waals surface area contributed by atoms with Crippen molar-refractivity contribution in [3.63, 3.8) is 0 Å². The number of rotatable bonds is 6. The van der Waals surface area contributed by atoms with Crippen molar-refractivity contribution >= 4 is 12.0 Å². The van der Waals surface area contributed by atoms with Crippen LogP contribution in [0.5, 0.6) is 0 Å². The maximum atomic E-state index is 12.5. The average Bonchev–Trinajstić information content (AvgIpc) is 3.17. The molecule has 0 aromatic carbocycles. The Balaban J connectivity index is 1.49. The number of carbonyl (C=O) groups excluding carboxylic acids is 1. The van der Waals surface area contributed by atoms with Crippen LogP contribution in [0.1, 0.15) is 44.4 Å². The Morgan fingerprint density at radius 2 is 2.25 bits per heavy atom. The number of nitrogens with zero attached hydrogens (tertiary/aromatic N) is 2. The van der Waals surface area contributed by atoms with Crippen LogP contribution < -0.4 is 5.32 Å². The third kappa shape index (κ3) is 3.56. The molecule has 1 aromatic rings. The number of carboxylic acid groups (broad SMARTS) is 1. The van der Waals surface area contributed by atoms with E-state index in [-0.39, 0.29) is 30.7 Å². The number of furan rings is 1. The minimum atomic E-state index is -0.803. The zero-order valence-electron chi connectivity index (χ0n) is 14.0. The molecule has 1 aliphatic heterocycles. The van der Waals surface area contributed by atoms with Crippen LogP contribution >= 0.6 is 0 Å². The molecule has 1 aliphatic carbocycles. The Hall–Kier alpha value is -2.02. The lowest BCUT2D eigenvalue weighted by Crippen LogP contribution is -2.56. The third-order valence-electron chi connectivity index (χ3n) is 5.09. The SMILES string of the molecule is CCN(CC(=O)O)C1CC(NC(=O)N2CCCC2c2ccco2)C1. The molecule has 1 atom stereocenters. The van der Waals surface area contributed by atoms with Crippen molar-refractivity contribution in [2.75, 3.05) is 19.6 Å².